The minimum absolute atomic E-state index is 0.0344. The summed E-state index contributed by atoms with van der Waals surface area (Å²) in [5.41, 5.74) is 0.900. The molecule has 3 fully saturated rings. The molecule has 0 saturated carbocycles. The van der Waals surface area contributed by atoms with Crippen molar-refractivity contribution < 1.29 is 9.59 Å². The van der Waals surface area contributed by atoms with E-state index in [0.29, 0.717) is 26.2 Å². The predicted octanol–water partition coefficient (Wildman–Crippen LogP) is 2.01. The first kappa shape index (κ1) is 16.7. The number of pyridine rings is 1. The van der Waals surface area contributed by atoms with Crippen molar-refractivity contribution in [3.8, 4) is 0 Å². The van der Waals surface area contributed by atoms with Crippen LogP contribution >= 0.6 is 0 Å². The molecule has 0 radical (unpaired) electrons. The molecule has 0 unspecified atom stereocenters. The Morgan fingerprint density at radius 1 is 1.33 bits per heavy atom. The Bertz CT molecular complexity index is 578. The van der Waals surface area contributed by atoms with Gasteiger partial charge >= 0.3 is 6.03 Å². The molecule has 3 amide bonds. The van der Waals surface area contributed by atoms with Gasteiger partial charge in [0.25, 0.3) is 0 Å². The molecular formula is C18H26N4O2. The molecule has 6 nitrogen and oxygen atoms in total. The normalized spacial score (nSPS) is 23.3. The molecule has 0 aromatic carbocycles. The quantitative estimate of drug-likeness (QED) is 0.840. The zero-order valence-corrected chi connectivity index (χ0v) is 14.3. The topological polar surface area (TPSA) is 65.5 Å². The van der Waals surface area contributed by atoms with Crippen molar-refractivity contribution in [1.82, 2.24) is 20.1 Å². The molecule has 0 aliphatic carbocycles. The maximum absolute atomic E-state index is 12.8. The van der Waals surface area contributed by atoms with Gasteiger partial charge in [0.15, 0.2) is 0 Å². The van der Waals surface area contributed by atoms with Gasteiger partial charge in [0.2, 0.25) is 5.91 Å². The molecule has 2 bridgehead atoms. The first-order valence-corrected chi connectivity index (χ1v) is 8.92. The lowest BCUT2D eigenvalue weighted by Crippen LogP contribution is -2.48. The lowest BCUT2D eigenvalue weighted by atomic mass is 9.94. The van der Waals surface area contributed by atoms with Crippen LogP contribution in [0.15, 0.2) is 24.4 Å². The summed E-state index contributed by atoms with van der Waals surface area (Å²) < 4.78 is 0. The van der Waals surface area contributed by atoms with Crippen LogP contribution in [-0.2, 0) is 11.3 Å². The molecule has 3 saturated heterocycles. The summed E-state index contributed by atoms with van der Waals surface area (Å²) in [6.45, 7) is 4.49. The van der Waals surface area contributed by atoms with Gasteiger partial charge in [-0.25, -0.2) is 4.79 Å². The van der Waals surface area contributed by atoms with E-state index in [4.69, 9.17) is 0 Å². The van der Waals surface area contributed by atoms with Crippen LogP contribution in [0.3, 0.4) is 0 Å². The van der Waals surface area contributed by atoms with E-state index in [2.05, 4.69) is 17.2 Å². The lowest BCUT2D eigenvalue weighted by molar-refractivity contribution is -0.140. The molecule has 1 aromatic heterocycles. The van der Waals surface area contributed by atoms with Crippen molar-refractivity contribution in [2.75, 3.05) is 19.6 Å². The van der Waals surface area contributed by atoms with Crippen molar-refractivity contribution in [3.63, 3.8) is 0 Å². The van der Waals surface area contributed by atoms with Gasteiger partial charge in [-0.15, -0.1) is 0 Å². The maximum Gasteiger partial charge on any atom is 0.317 e. The van der Waals surface area contributed by atoms with Gasteiger partial charge in [0.1, 0.15) is 0 Å². The number of urea groups is 1. The summed E-state index contributed by atoms with van der Waals surface area (Å²) in [6.07, 6.45) is 5.63. The van der Waals surface area contributed by atoms with E-state index >= 15 is 0 Å². The summed E-state index contributed by atoms with van der Waals surface area (Å²) in [6, 6.07) is 5.82. The highest BCUT2D eigenvalue weighted by Crippen LogP contribution is 2.30. The number of aromatic nitrogens is 1. The minimum atomic E-state index is -0.0793. The predicted molar refractivity (Wildman–Crippen MR) is 91.2 cm³/mol. The summed E-state index contributed by atoms with van der Waals surface area (Å²) >= 11 is 0. The second-order valence-electron chi connectivity index (χ2n) is 6.71. The zero-order chi connectivity index (χ0) is 16.9. The second-order valence-corrected chi connectivity index (χ2v) is 6.71. The highest BCUT2D eigenvalue weighted by molar-refractivity contribution is 5.82. The molecular weight excluding hydrogens is 304 g/mol. The van der Waals surface area contributed by atoms with Crippen LogP contribution in [-0.4, -0.2) is 52.4 Å². The van der Waals surface area contributed by atoms with Gasteiger partial charge < -0.3 is 15.1 Å². The van der Waals surface area contributed by atoms with Crippen molar-refractivity contribution in [2.24, 2.45) is 5.92 Å². The van der Waals surface area contributed by atoms with Crippen molar-refractivity contribution in [2.45, 2.75) is 45.2 Å². The minimum Gasteiger partial charge on any atom is -0.338 e. The summed E-state index contributed by atoms with van der Waals surface area (Å²) in [4.78, 5) is 33.3. The Kier molecular flexibility index (Phi) is 5.33. The molecule has 3 aliphatic rings. The van der Waals surface area contributed by atoms with Crippen LogP contribution < -0.4 is 5.32 Å². The molecule has 130 valence electrons. The van der Waals surface area contributed by atoms with Crippen molar-refractivity contribution >= 4 is 11.9 Å². The van der Waals surface area contributed by atoms with Gasteiger partial charge in [-0.3, -0.25) is 9.78 Å². The number of hydrogen-bond donors (Lipinski definition) is 1. The Hall–Kier alpha value is -2.11. The van der Waals surface area contributed by atoms with Crippen LogP contribution in [0.1, 0.15) is 38.3 Å². The number of nitrogens with one attached hydrogen (secondary N) is 1. The third-order valence-electron chi connectivity index (χ3n) is 4.95. The Balaban J connectivity index is 1.68. The van der Waals surface area contributed by atoms with Crippen LogP contribution in [0.25, 0.3) is 0 Å². The monoisotopic (exact) mass is 330 g/mol. The highest BCUT2D eigenvalue weighted by atomic mass is 16.2. The molecule has 1 aromatic rings. The molecule has 0 spiro atoms. The third kappa shape index (κ3) is 3.68. The molecule has 6 heteroatoms. The number of carbonyl (C=O) groups is 2. The average molecular weight is 330 g/mol. The number of amides is 3. The maximum atomic E-state index is 12.8. The summed E-state index contributed by atoms with van der Waals surface area (Å²) in [5.74, 6) is 0.0881. The SMILES string of the molecule is CCCCNC(=O)N1C[C@@H]2CC[C@H](C1)N(Cc1ccccn1)C2=O. The van der Waals surface area contributed by atoms with E-state index in [0.717, 1.165) is 31.4 Å². The summed E-state index contributed by atoms with van der Waals surface area (Å²) in [7, 11) is 0. The van der Waals surface area contributed by atoms with Gasteiger partial charge in [-0.05, 0) is 31.4 Å². The largest absolute Gasteiger partial charge is 0.338 e. The fraction of sp³-hybridized carbons (Fsp3) is 0.611. The Morgan fingerprint density at radius 2 is 2.21 bits per heavy atom. The number of nitrogens with zero attached hydrogens (tertiary/aromatic N) is 3. The number of rotatable bonds is 5. The van der Waals surface area contributed by atoms with E-state index in [-0.39, 0.29) is 23.9 Å². The molecule has 3 aliphatic heterocycles. The van der Waals surface area contributed by atoms with Crippen LogP contribution in [0.2, 0.25) is 0 Å². The fourth-order valence-electron chi connectivity index (χ4n) is 3.56. The van der Waals surface area contributed by atoms with E-state index in [1.807, 2.05) is 28.0 Å². The number of unbranched alkanes of at least 4 members (excludes halogenated alkanes) is 1. The number of hydrogen-bond acceptors (Lipinski definition) is 3. The molecule has 1 N–H and O–H groups in total. The van der Waals surface area contributed by atoms with Crippen LogP contribution in [0, 0.1) is 5.92 Å². The van der Waals surface area contributed by atoms with Crippen LogP contribution in [0.5, 0.6) is 0 Å². The van der Waals surface area contributed by atoms with E-state index < -0.39 is 0 Å². The number of fused-ring (bicyclic) bond motifs is 4. The molecule has 24 heavy (non-hydrogen) atoms. The fourth-order valence-corrected chi connectivity index (χ4v) is 3.56. The molecule has 4 heterocycles. The standard InChI is InChI=1S/C18H26N4O2/c1-2-3-9-20-18(24)21-11-14-7-8-16(13-21)22(17(14)23)12-15-6-4-5-10-19-15/h4-6,10,14,16H,2-3,7-9,11-13H2,1H3,(H,20,24)/t14-,16+/m0/s1. The van der Waals surface area contributed by atoms with Gasteiger partial charge in [-0.1, -0.05) is 19.4 Å². The van der Waals surface area contributed by atoms with Crippen LogP contribution in [0.4, 0.5) is 4.79 Å². The van der Waals surface area contributed by atoms with Gasteiger partial charge in [-0.2, -0.15) is 0 Å². The van der Waals surface area contributed by atoms with Crippen molar-refractivity contribution in [3.05, 3.63) is 30.1 Å². The summed E-state index contributed by atoms with van der Waals surface area (Å²) in [5, 5.41) is 2.97. The van der Waals surface area contributed by atoms with Gasteiger partial charge in [0.05, 0.1) is 18.2 Å². The third-order valence-corrected chi connectivity index (χ3v) is 4.95. The highest BCUT2D eigenvalue weighted by Gasteiger charge is 2.41. The Morgan fingerprint density at radius 3 is 2.96 bits per heavy atom. The number of carbonyl (C=O) groups excluding carboxylic acids is 2. The van der Waals surface area contributed by atoms with Gasteiger partial charge in [0, 0.05) is 31.9 Å². The average Bonchev–Trinajstić information content (AvgIpc) is 2.89. The molecule has 2 atom stereocenters. The lowest BCUT2D eigenvalue weighted by Gasteiger charge is -2.35. The Labute approximate surface area is 143 Å². The first-order chi connectivity index (χ1) is 11.7. The molecule has 4 rings (SSSR count). The van der Waals surface area contributed by atoms with E-state index in [1.165, 1.54) is 0 Å². The number of piperidine rings is 1. The second kappa shape index (κ2) is 7.64. The van der Waals surface area contributed by atoms with E-state index in [1.54, 1.807) is 6.20 Å². The smallest absolute Gasteiger partial charge is 0.317 e. The zero-order valence-electron chi connectivity index (χ0n) is 14.3. The van der Waals surface area contributed by atoms with Crippen molar-refractivity contribution in [1.29, 1.82) is 0 Å². The first-order valence-electron chi connectivity index (χ1n) is 8.92. The van der Waals surface area contributed by atoms with E-state index in [9.17, 15) is 9.59 Å².